The lowest BCUT2D eigenvalue weighted by atomic mass is 10.0. The molecule has 0 bridgehead atoms. The lowest BCUT2D eigenvalue weighted by Gasteiger charge is -2.23. The highest BCUT2D eigenvalue weighted by atomic mass is 16.6. The van der Waals surface area contributed by atoms with E-state index < -0.39 is 6.09 Å². The Hall–Kier alpha value is -1.38. The molecule has 1 amide bonds. The molecular weight excluding hydrogens is 689 g/mol. The molecule has 0 heterocycles. The van der Waals surface area contributed by atoms with E-state index in [4.69, 9.17) is 9.47 Å². The smallest absolute Gasteiger partial charge is 0.433 e. The molecule has 0 aliphatic heterocycles. The number of hydrogen-bond acceptors (Lipinski definition) is 7. The van der Waals surface area contributed by atoms with Crippen LogP contribution in [0.25, 0.3) is 0 Å². The van der Waals surface area contributed by atoms with Gasteiger partial charge in [-0.25, -0.2) is 4.79 Å². The Morgan fingerprint density at radius 3 is 1.31 bits per heavy atom. The molecule has 0 aromatic carbocycles. The number of rotatable bonds is 44. The van der Waals surface area contributed by atoms with Gasteiger partial charge < -0.3 is 19.1 Å². The van der Waals surface area contributed by atoms with Crippen LogP contribution in [0.15, 0.2) is 0 Å². The molecule has 0 saturated heterocycles. The zero-order valence-electron chi connectivity index (χ0n) is 37.2. The summed E-state index contributed by atoms with van der Waals surface area (Å²) < 4.78 is 16.5. The Balaban J connectivity index is 4.30. The second kappa shape index (κ2) is 43.7. The maximum atomic E-state index is 12.8. The predicted molar refractivity (Wildman–Crippen MR) is 232 cm³/mol. The quantitative estimate of drug-likeness (QED) is 0.0285. The van der Waals surface area contributed by atoms with Crippen molar-refractivity contribution in [3.8, 4) is 0 Å². The lowest BCUT2D eigenvalue weighted by molar-refractivity contribution is -0.150. The molecular formula is C47H94N2O6. The molecule has 0 aliphatic carbocycles. The average molecular weight is 783 g/mol. The van der Waals surface area contributed by atoms with Crippen LogP contribution >= 0.6 is 0 Å². The van der Waals surface area contributed by atoms with Gasteiger partial charge >= 0.3 is 12.1 Å². The molecule has 0 saturated carbocycles. The van der Waals surface area contributed by atoms with Gasteiger partial charge in [-0.1, -0.05) is 168 Å². The van der Waals surface area contributed by atoms with E-state index in [2.05, 4.69) is 30.4 Å². The highest BCUT2D eigenvalue weighted by Crippen LogP contribution is 2.19. The van der Waals surface area contributed by atoms with Crippen molar-refractivity contribution in [3.05, 3.63) is 0 Å². The minimum absolute atomic E-state index is 0.00478. The van der Waals surface area contributed by atoms with Gasteiger partial charge in [0.05, 0.1) is 13.7 Å². The van der Waals surface area contributed by atoms with E-state index in [0.29, 0.717) is 17.9 Å². The van der Waals surface area contributed by atoms with Gasteiger partial charge in [0.15, 0.2) is 0 Å². The SMILES string of the molecule is CCCCCCCCCOCCCCCCCCN(CCCCCCCC(=O)OC(CCCCCCCC)CCCCCCCC)CCCN(O)C(=O)OC. The minimum atomic E-state index is -0.704. The van der Waals surface area contributed by atoms with Crippen LogP contribution in [0.1, 0.15) is 239 Å². The normalized spacial score (nSPS) is 11.5. The topological polar surface area (TPSA) is 88.5 Å². The summed E-state index contributed by atoms with van der Waals surface area (Å²) in [6, 6.07) is 0. The van der Waals surface area contributed by atoms with E-state index >= 15 is 0 Å². The zero-order chi connectivity index (χ0) is 40.3. The number of amides is 1. The molecule has 0 aromatic rings. The van der Waals surface area contributed by atoms with E-state index in [-0.39, 0.29) is 18.6 Å². The summed E-state index contributed by atoms with van der Waals surface area (Å²) in [7, 11) is 1.29. The molecule has 55 heavy (non-hydrogen) atoms. The number of methoxy groups -OCH3 is 1. The van der Waals surface area contributed by atoms with E-state index in [1.807, 2.05) is 0 Å². The number of carbonyl (C=O) groups excluding carboxylic acids is 2. The van der Waals surface area contributed by atoms with Crippen molar-refractivity contribution in [1.29, 1.82) is 0 Å². The number of hydroxylamine groups is 2. The Bertz CT molecular complexity index is 783. The summed E-state index contributed by atoms with van der Waals surface area (Å²) in [5, 5.41) is 10.6. The van der Waals surface area contributed by atoms with Crippen LogP contribution in [0.5, 0.6) is 0 Å². The Labute approximate surface area is 341 Å². The average Bonchev–Trinajstić information content (AvgIpc) is 3.19. The summed E-state index contributed by atoms with van der Waals surface area (Å²) in [4.78, 5) is 26.9. The summed E-state index contributed by atoms with van der Waals surface area (Å²) in [5.41, 5.74) is 0. The monoisotopic (exact) mass is 783 g/mol. The molecule has 0 spiro atoms. The van der Waals surface area contributed by atoms with Gasteiger partial charge in [-0.05, 0) is 83.8 Å². The third-order valence-corrected chi connectivity index (χ3v) is 11.0. The molecule has 0 unspecified atom stereocenters. The van der Waals surface area contributed by atoms with Gasteiger partial charge in [-0.3, -0.25) is 10.0 Å². The zero-order valence-corrected chi connectivity index (χ0v) is 37.2. The first-order valence-corrected chi connectivity index (χ1v) is 24.0. The van der Waals surface area contributed by atoms with Crippen molar-refractivity contribution >= 4 is 12.1 Å². The highest BCUT2D eigenvalue weighted by molar-refractivity contribution is 5.69. The van der Waals surface area contributed by atoms with E-state index in [1.165, 1.54) is 168 Å². The van der Waals surface area contributed by atoms with Crippen LogP contribution in [0.2, 0.25) is 0 Å². The first-order chi connectivity index (χ1) is 27.0. The molecule has 0 aromatic heterocycles. The van der Waals surface area contributed by atoms with Gasteiger partial charge in [0.25, 0.3) is 0 Å². The summed E-state index contributed by atoms with van der Waals surface area (Å²) in [5.74, 6) is 0.00478. The summed E-state index contributed by atoms with van der Waals surface area (Å²) in [6.45, 7) is 11.8. The van der Waals surface area contributed by atoms with Crippen LogP contribution in [-0.4, -0.2) is 79.8 Å². The van der Waals surface area contributed by atoms with E-state index in [9.17, 15) is 14.8 Å². The molecule has 328 valence electrons. The number of hydrogen-bond donors (Lipinski definition) is 1. The van der Waals surface area contributed by atoms with Gasteiger partial charge in [-0.2, -0.15) is 5.06 Å². The van der Waals surface area contributed by atoms with Crippen LogP contribution in [0, 0.1) is 0 Å². The third-order valence-electron chi connectivity index (χ3n) is 11.0. The molecule has 0 atom stereocenters. The Kier molecular flexibility index (Phi) is 42.6. The van der Waals surface area contributed by atoms with Crippen molar-refractivity contribution in [2.75, 3.05) is 46.5 Å². The van der Waals surface area contributed by atoms with E-state index in [1.54, 1.807) is 0 Å². The Morgan fingerprint density at radius 1 is 0.473 bits per heavy atom. The minimum Gasteiger partial charge on any atom is -0.462 e. The maximum absolute atomic E-state index is 12.8. The largest absolute Gasteiger partial charge is 0.462 e. The van der Waals surface area contributed by atoms with Gasteiger partial charge in [0.1, 0.15) is 6.10 Å². The van der Waals surface area contributed by atoms with E-state index in [0.717, 1.165) is 77.8 Å². The fraction of sp³-hybridized carbons (Fsp3) is 0.957. The number of ether oxygens (including phenoxy) is 3. The molecule has 0 rings (SSSR count). The van der Waals surface area contributed by atoms with Crippen molar-refractivity contribution in [3.63, 3.8) is 0 Å². The molecule has 0 fully saturated rings. The van der Waals surface area contributed by atoms with Gasteiger partial charge in [0, 0.05) is 19.6 Å². The van der Waals surface area contributed by atoms with Crippen molar-refractivity contribution in [2.24, 2.45) is 0 Å². The first-order valence-electron chi connectivity index (χ1n) is 24.0. The Morgan fingerprint density at radius 2 is 0.855 bits per heavy atom. The number of carbonyl (C=O) groups is 2. The number of unbranched alkanes of at least 4 members (excludes halogenated alkanes) is 25. The van der Waals surface area contributed by atoms with Crippen LogP contribution < -0.4 is 0 Å². The van der Waals surface area contributed by atoms with Crippen LogP contribution in [0.3, 0.4) is 0 Å². The van der Waals surface area contributed by atoms with Gasteiger partial charge in [0.2, 0.25) is 0 Å². The molecule has 0 radical (unpaired) electrons. The van der Waals surface area contributed by atoms with Crippen LogP contribution in [-0.2, 0) is 19.0 Å². The number of nitrogens with zero attached hydrogens (tertiary/aromatic N) is 2. The predicted octanol–water partition coefficient (Wildman–Crippen LogP) is 14.0. The van der Waals surface area contributed by atoms with Crippen molar-refractivity contribution < 1.29 is 29.0 Å². The molecule has 8 heteroatoms. The summed E-state index contributed by atoms with van der Waals surface area (Å²) in [6.07, 6.45) is 40.1. The van der Waals surface area contributed by atoms with Crippen molar-refractivity contribution in [2.45, 2.75) is 245 Å². The highest BCUT2D eigenvalue weighted by Gasteiger charge is 2.15. The third kappa shape index (κ3) is 39.2. The first kappa shape index (κ1) is 53.6. The summed E-state index contributed by atoms with van der Waals surface area (Å²) >= 11 is 0. The maximum Gasteiger partial charge on any atom is 0.433 e. The molecule has 8 nitrogen and oxygen atoms in total. The molecule has 1 N–H and O–H groups in total. The fourth-order valence-electron chi connectivity index (χ4n) is 7.43. The van der Waals surface area contributed by atoms with Crippen LogP contribution in [0.4, 0.5) is 4.79 Å². The van der Waals surface area contributed by atoms with Gasteiger partial charge in [-0.15, -0.1) is 0 Å². The standard InChI is InChI=1S/C47H94N2O6/c1-5-8-11-14-18-26-33-43-54-44-34-27-19-17-24-31-39-48(41-35-42-49(52)47(51)53-4)40-32-25-20-23-30-38-46(50)55-45(36-28-21-15-12-9-6-2)37-29-22-16-13-10-7-3/h45,52H,5-44H2,1-4H3. The van der Waals surface area contributed by atoms with Crippen molar-refractivity contribution in [1.82, 2.24) is 9.96 Å². The fourth-order valence-corrected chi connectivity index (χ4v) is 7.43. The number of esters is 1. The second-order valence-corrected chi connectivity index (χ2v) is 16.4. The molecule has 0 aliphatic rings. The lowest BCUT2D eigenvalue weighted by Crippen LogP contribution is -2.33. The second-order valence-electron chi connectivity index (χ2n) is 16.4.